The molecule has 114 valence electrons. The summed E-state index contributed by atoms with van der Waals surface area (Å²) in [6.07, 6.45) is 6.72. The van der Waals surface area contributed by atoms with Crippen LogP contribution in [-0.4, -0.2) is 10.7 Å². The molecule has 0 aliphatic heterocycles. The van der Waals surface area contributed by atoms with Gasteiger partial charge < -0.3 is 0 Å². The Bertz CT molecular complexity index is 604. The number of pyridine rings is 1. The zero-order valence-corrected chi connectivity index (χ0v) is 14.6. The lowest BCUT2D eigenvalue weighted by Gasteiger charge is -2.09. The zero-order valence-electron chi connectivity index (χ0n) is 13.8. The number of aryl methyl sites for hydroxylation is 3. The molecule has 0 aliphatic rings. The number of nitrogens with zero attached hydrogens (tertiary/aromatic N) is 1. The van der Waals surface area contributed by atoms with Gasteiger partial charge in [-0.15, -0.1) is 11.8 Å². The van der Waals surface area contributed by atoms with Crippen LogP contribution in [0.2, 0.25) is 0 Å². The summed E-state index contributed by atoms with van der Waals surface area (Å²) < 4.78 is 0. The van der Waals surface area contributed by atoms with Crippen molar-refractivity contribution >= 4 is 22.7 Å². The van der Waals surface area contributed by atoms with Gasteiger partial charge in [-0.25, -0.2) is 4.98 Å². The molecule has 0 saturated heterocycles. The first-order valence-electron chi connectivity index (χ1n) is 8.13. The molecule has 0 fully saturated rings. The van der Waals surface area contributed by atoms with Gasteiger partial charge in [0.25, 0.3) is 0 Å². The molecule has 0 N–H and O–H groups in total. The number of rotatable bonds is 7. The number of fused-ring (bicyclic) bond motifs is 1. The van der Waals surface area contributed by atoms with Crippen LogP contribution in [0.15, 0.2) is 23.2 Å². The summed E-state index contributed by atoms with van der Waals surface area (Å²) in [5, 5.41) is 2.49. The Morgan fingerprint density at radius 3 is 2.43 bits per heavy atom. The molecule has 1 aromatic heterocycles. The molecule has 0 saturated carbocycles. The van der Waals surface area contributed by atoms with Crippen molar-refractivity contribution < 1.29 is 0 Å². The Morgan fingerprint density at radius 2 is 1.67 bits per heavy atom. The van der Waals surface area contributed by atoms with Crippen molar-refractivity contribution in [3.8, 4) is 0 Å². The average molecular weight is 301 g/mol. The maximum atomic E-state index is 4.87. The molecule has 1 nitrogen and oxygen atoms in total. The van der Waals surface area contributed by atoms with Crippen molar-refractivity contribution in [1.82, 2.24) is 4.98 Å². The van der Waals surface area contributed by atoms with Gasteiger partial charge in [0.1, 0.15) is 0 Å². The summed E-state index contributed by atoms with van der Waals surface area (Å²) in [4.78, 5) is 4.87. The fraction of sp³-hybridized carbons (Fsp3) is 0.526. The predicted molar refractivity (Wildman–Crippen MR) is 95.4 cm³/mol. The van der Waals surface area contributed by atoms with Crippen molar-refractivity contribution in [2.75, 3.05) is 5.75 Å². The topological polar surface area (TPSA) is 12.9 Å². The van der Waals surface area contributed by atoms with Gasteiger partial charge in [-0.1, -0.05) is 44.2 Å². The molecule has 0 unspecified atom stereocenters. The average Bonchev–Trinajstić information content (AvgIpc) is 2.44. The second-order valence-corrected chi connectivity index (χ2v) is 7.13. The van der Waals surface area contributed by atoms with Gasteiger partial charge in [-0.2, -0.15) is 0 Å². The quantitative estimate of drug-likeness (QED) is 0.444. The Labute approximate surface area is 133 Å². The highest BCUT2D eigenvalue weighted by Crippen LogP contribution is 2.27. The van der Waals surface area contributed by atoms with Crippen LogP contribution in [0.4, 0.5) is 0 Å². The van der Waals surface area contributed by atoms with Gasteiger partial charge in [0, 0.05) is 5.39 Å². The summed E-state index contributed by atoms with van der Waals surface area (Å²) >= 11 is 1.91. The largest absolute Gasteiger partial charge is 0.241 e. The monoisotopic (exact) mass is 301 g/mol. The molecule has 0 bridgehead atoms. The van der Waals surface area contributed by atoms with Gasteiger partial charge in [0.05, 0.1) is 10.5 Å². The van der Waals surface area contributed by atoms with Crippen LogP contribution in [0, 0.1) is 20.8 Å². The van der Waals surface area contributed by atoms with E-state index >= 15 is 0 Å². The Hall–Kier alpha value is -1.02. The lowest BCUT2D eigenvalue weighted by atomic mass is 10.0. The van der Waals surface area contributed by atoms with Gasteiger partial charge in [-0.05, 0) is 56.2 Å². The van der Waals surface area contributed by atoms with Crippen LogP contribution >= 0.6 is 11.8 Å². The first-order valence-corrected chi connectivity index (χ1v) is 9.11. The fourth-order valence-electron chi connectivity index (χ4n) is 2.77. The number of hydrogen-bond donors (Lipinski definition) is 0. The van der Waals surface area contributed by atoms with Crippen molar-refractivity contribution in [2.45, 2.75) is 64.8 Å². The molecule has 0 radical (unpaired) electrons. The highest BCUT2D eigenvalue weighted by atomic mass is 32.2. The highest BCUT2D eigenvalue weighted by Gasteiger charge is 2.06. The molecule has 2 aromatic rings. The van der Waals surface area contributed by atoms with E-state index in [2.05, 4.69) is 45.9 Å². The Morgan fingerprint density at radius 1 is 0.905 bits per heavy atom. The van der Waals surface area contributed by atoms with E-state index in [0.717, 1.165) is 0 Å². The van der Waals surface area contributed by atoms with E-state index in [0.29, 0.717) is 0 Å². The summed E-state index contributed by atoms with van der Waals surface area (Å²) in [6.45, 7) is 8.79. The van der Waals surface area contributed by atoms with Crippen LogP contribution in [0.3, 0.4) is 0 Å². The SMILES string of the molecule is CCCCCCCSc1cc(C)c2cc(C)cc(C)c2n1. The third-order valence-electron chi connectivity index (χ3n) is 3.93. The van der Waals surface area contributed by atoms with Crippen molar-refractivity contribution in [2.24, 2.45) is 0 Å². The number of aromatic nitrogens is 1. The maximum Gasteiger partial charge on any atom is 0.0970 e. The van der Waals surface area contributed by atoms with Gasteiger partial charge in [-0.3, -0.25) is 0 Å². The molecule has 1 aromatic carbocycles. The fourth-order valence-corrected chi connectivity index (χ4v) is 3.74. The summed E-state index contributed by atoms with van der Waals surface area (Å²) in [6, 6.07) is 6.73. The van der Waals surface area contributed by atoms with Gasteiger partial charge in [0.15, 0.2) is 0 Å². The van der Waals surface area contributed by atoms with Crippen molar-refractivity contribution in [1.29, 1.82) is 0 Å². The molecule has 0 spiro atoms. The number of hydrogen-bond acceptors (Lipinski definition) is 2. The predicted octanol–water partition coefficient (Wildman–Crippen LogP) is 6.22. The minimum Gasteiger partial charge on any atom is -0.241 e. The number of benzene rings is 1. The van der Waals surface area contributed by atoms with Crippen LogP contribution in [-0.2, 0) is 0 Å². The minimum absolute atomic E-state index is 1.18. The number of unbranched alkanes of at least 4 members (excludes halogenated alkanes) is 4. The Kier molecular flexibility index (Phi) is 6.10. The third kappa shape index (κ3) is 4.47. The first kappa shape index (κ1) is 16.4. The van der Waals surface area contributed by atoms with Gasteiger partial charge in [0.2, 0.25) is 0 Å². The van der Waals surface area contributed by atoms with Crippen LogP contribution in [0.5, 0.6) is 0 Å². The van der Waals surface area contributed by atoms with Gasteiger partial charge >= 0.3 is 0 Å². The lowest BCUT2D eigenvalue weighted by molar-refractivity contribution is 0.659. The second kappa shape index (κ2) is 7.84. The van der Waals surface area contributed by atoms with E-state index in [1.54, 1.807) is 0 Å². The smallest absolute Gasteiger partial charge is 0.0970 e. The number of thioether (sulfide) groups is 1. The molecule has 2 rings (SSSR count). The lowest BCUT2D eigenvalue weighted by Crippen LogP contribution is -1.92. The standard InChI is InChI=1S/C19H27NS/c1-5-6-7-8-9-10-21-18-13-15(3)17-12-14(2)11-16(4)19(17)20-18/h11-13H,5-10H2,1-4H3. The molecule has 21 heavy (non-hydrogen) atoms. The van der Waals surface area contributed by atoms with E-state index < -0.39 is 0 Å². The third-order valence-corrected chi connectivity index (χ3v) is 4.93. The van der Waals surface area contributed by atoms with E-state index in [9.17, 15) is 0 Å². The molecule has 0 aliphatic carbocycles. The van der Waals surface area contributed by atoms with Crippen molar-refractivity contribution in [3.05, 3.63) is 34.9 Å². The van der Waals surface area contributed by atoms with E-state index in [1.165, 1.54) is 70.5 Å². The molecule has 2 heteroatoms. The first-order chi connectivity index (χ1) is 10.1. The summed E-state index contributed by atoms with van der Waals surface area (Å²) in [5.41, 5.74) is 5.13. The zero-order chi connectivity index (χ0) is 15.2. The second-order valence-electron chi connectivity index (χ2n) is 6.02. The summed E-state index contributed by atoms with van der Waals surface area (Å²) in [5.74, 6) is 1.19. The highest BCUT2D eigenvalue weighted by molar-refractivity contribution is 7.99. The molecule has 1 heterocycles. The van der Waals surface area contributed by atoms with Crippen molar-refractivity contribution in [3.63, 3.8) is 0 Å². The van der Waals surface area contributed by atoms with E-state index in [-0.39, 0.29) is 0 Å². The normalized spacial score (nSPS) is 11.2. The molecular formula is C19H27NS. The van der Waals surface area contributed by atoms with E-state index in [1.807, 2.05) is 11.8 Å². The van der Waals surface area contributed by atoms with E-state index in [4.69, 9.17) is 4.98 Å². The molecular weight excluding hydrogens is 274 g/mol. The molecule has 0 atom stereocenters. The maximum absolute atomic E-state index is 4.87. The minimum atomic E-state index is 1.18. The van der Waals surface area contributed by atoms with Crippen LogP contribution < -0.4 is 0 Å². The van der Waals surface area contributed by atoms with Crippen LogP contribution in [0.1, 0.15) is 55.7 Å². The van der Waals surface area contributed by atoms with Crippen LogP contribution in [0.25, 0.3) is 10.9 Å². The molecule has 0 amide bonds. The Balaban J connectivity index is 2.05. The summed E-state index contributed by atoms with van der Waals surface area (Å²) in [7, 11) is 0.